The number of carbonyl (C=O) groups is 4. The highest BCUT2D eigenvalue weighted by Gasteiger charge is 2.54. The quantitative estimate of drug-likeness (QED) is 0.193. The second kappa shape index (κ2) is 13.5. The molecule has 0 aliphatic carbocycles. The van der Waals surface area contributed by atoms with E-state index in [0.29, 0.717) is 30.0 Å². The van der Waals surface area contributed by atoms with E-state index in [-0.39, 0.29) is 47.7 Å². The van der Waals surface area contributed by atoms with E-state index in [2.05, 4.69) is 0 Å². The lowest BCUT2D eigenvalue weighted by atomic mass is 9.71. The van der Waals surface area contributed by atoms with Crippen molar-refractivity contribution in [3.05, 3.63) is 45.6 Å². The SMILES string of the molecule is CCOC(=O)c1sc2c(c1C)C(=O)C(C(C)(C)C(=O)N1CCCC1)C(=O)N2C[C@H](OCCOC)c1cc(F)ccc1OC. The van der Waals surface area contributed by atoms with Crippen molar-refractivity contribution in [3.8, 4) is 5.75 Å². The summed E-state index contributed by atoms with van der Waals surface area (Å²) < 4.78 is 36.5. The van der Waals surface area contributed by atoms with Gasteiger partial charge in [0.25, 0.3) is 0 Å². The van der Waals surface area contributed by atoms with Crippen molar-refractivity contribution in [1.29, 1.82) is 0 Å². The van der Waals surface area contributed by atoms with Crippen LogP contribution in [0.5, 0.6) is 5.75 Å². The zero-order valence-corrected chi connectivity index (χ0v) is 26.3. The van der Waals surface area contributed by atoms with Crippen LogP contribution in [0.4, 0.5) is 9.39 Å². The number of ketones is 1. The second-order valence-corrected chi connectivity index (χ2v) is 12.2. The third-order valence-electron chi connectivity index (χ3n) is 8.02. The third-order valence-corrected chi connectivity index (χ3v) is 9.31. The molecule has 1 aromatic carbocycles. The molecule has 43 heavy (non-hydrogen) atoms. The molecule has 2 aliphatic rings. The van der Waals surface area contributed by atoms with Crippen molar-refractivity contribution in [3.63, 3.8) is 0 Å². The van der Waals surface area contributed by atoms with Crippen molar-refractivity contribution < 1.29 is 42.5 Å². The van der Waals surface area contributed by atoms with Gasteiger partial charge in [-0.15, -0.1) is 11.3 Å². The Labute approximate surface area is 255 Å². The number of methoxy groups -OCH3 is 2. The number of rotatable bonds is 12. The lowest BCUT2D eigenvalue weighted by Gasteiger charge is -2.40. The maximum atomic E-state index is 14.5. The molecule has 1 saturated heterocycles. The molecule has 1 unspecified atom stereocenters. The molecule has 2 atom stereocenters. The summed E-state index contributed by atoms with van der Waals surface area (Å²) in [6.45, 7) is 8.02. The Kier molecular flexibility index (Phi) is 10.2. The molecule has 0 bridgehead atoms. The summed E-state index contributed by atoms with van der Waals surface area (Å²) in [6.07, 6.45) is 0.803. The van der Waals surface area contributed by atoms with Crippen molar-refractivity contribution in [2.75, 3.05) is 58.6 Å². The highest BCUT2D eigenvalue weighted by molar-refractivity contribution is 7.19. The molecule has 234 valence electrons. The fourth-order valence-electron chi connectivity index (χ4n) is 5.78. The first-order chi connectivity index (χ1) is 20.5. The summed E-state index contributed by atoms with van der Waals surface area (Å²) in [5.41, 5.74) is -0.444. The number of halogens is 1. The van der Waals surface area contributed by atoms with Crippen LogP contribution in [0.25, 0.3) is 0 Å². The smallest absolute Gasteiger partial charge is 0.348 e. The molecule has 2 aromatic rings. The number of Topliss-reactive ketones (excluding diaryl/α,β-unsaturated/α-hetero) is 1. The summed E-state index contributed by atoms with van der Waals surface area (Å²) in [5.74, 6) is -3.53. The van der Waals surface area contributed by atoms with Gasteiger partial charge in [0.05, 0.1) is 44.5 Å². The molecule has 0 radical (unpaired) electrons. The largest absolute Gasteiger partial charge is 0.496 e. The molecule has 0 N–H and O–H groups in total. The van der Waals surface area contributed by atoms with E-state index in [1.807, 2.05) is 0 Å². The standard InChI is InChI=1S/C31H39FN2O8S/c1-7-41-29(37)26-18(2)23-25(35)24(31(3,4)30(38)33-12-8-9-13-33)27(36)34(28(23)43-26)17-22(42-15-14-39-5)20-16-19(32)10-11-21(20)40-6/h10-11,16,22,24H,7-9,12-15,17H2,1-6H3/t22-,24?/m0/s1. The number of benzene rings is 1. The number of carbonyl (C=O) groups excluding carboxylic acids is 4. The van der Waals surface area contributed by atoms with Crippen LogP contribution in [-0.4, -0.2) is 82.1 Å². The first-order valence-electron chi connectivity index (χ1n) is 14.4. The van der Waals surface area contributed by atoms with Crippen LogP contribution in [0.3, 0.4) is 0 Å². The molecule has 0 spiro atoms. The fourth-order valence-corrected chi connectivity index (χ4v) is 7.00. The number of likely N-dealkylation sites (tertiary alicyclic amines) is 1. The first-order valence-corrected chi connectivity index (χ1v) is 15.2. The van der Waals surface area contributed by atoms with Crippen molar-refractivity contribution in [2.24, 2.45) is 11.3 Å². The van der Waals surface area contributed by atoms with Crippen molar-refractivity contribution in [2.45, 2.75) is 46.6 Å². The number of amides is 2. The van der Waals surface area contributed by atoms with Gasteiger partial charge in [-0.05, 0) is 64.3 Å². The van der Waals surface area contributed by atoms with Gasteiger partial charge in [-0.3, -0.25) is 19.3 Å². The number of ether oxygens (including phenoxy) is 4. The molecular formula is C31H39FN2O8S. The highest BCUT2D eigenvalue weighted by atomic mass is 32.1. The van der Waals surface area contributed by atoms with Gasteiger partial charge in [-0.25, -0.2) is 9.18 Å². The van der Waals surface area contributed by atoms with Crippen LogP contribution < -0.4 is 9.64 Å². The summed E-state index contributed by atoms with van der Waals surface area (Å²) in [6, 6.07) is 4.01. The van der Waals surface area contributed by atoms with Gasteiger partial charge in [-0.2, -0.15) is 0 Å². The Morgan fingerprint density at radius 3 is 2.47 bits per heavy atom. The predicted molar refractivity (Wildman–Crippen MR) is 158 cm³/mol. The molecule has 3 heterocycles. The van der Waals surface area contributed by atoms with E-state index in [9.17, 15) is 23.6 Å². The number of thiophene rings is 1. The summed E-state index contributed by atoms with van der Waals surface area (Å²) in [5, 5.41) is 0.256. The van der Waals surface area contributed by atoms with E-state index in [4.69, 9.17) is 18.9 Å². The summed E-state index contributed by atoms with van der Waals surface area (Å²) >= 11 is 0.979. The van der Waals surface area contributed by atoms with Crippen LogP contribution in [0.2, 0.25) is 0 Å². The minimum atomic E-state index is -1.38. The van der Waals surface area contributed by atoms with E-state index in [1.54, 1.807) is 32.6 Å². The number of hydrogen-bond donors (Lipinski definition) is 0. The zero-order valence-electron chi connectivity index (χ0n) is 25.5. The topological polar surface area (TPSA) is 112 Å². The van der Waals surface area contributed by atoms with Crippen LogP contribution in [0.1, 0.15) is 70.9 Å². The van der Waals surface area contributed by atoms with E-state index < -0.39 is 40.9 Å². The van der Waals surface area contributed by atoms with Gasteiger partial charge in [-0.1, -0.05) is 0 Å². The monoisotopic (exact) mass is 618 g/mol. The molecule has 2 aliphatic heterocycles. The minimum absolute atomic E-state index is 0.120. The van der Waals surface area contributed by atoms with Crippen LogP contribution in [-0.2, 0) is 23.8 Å². The predicted octanol–water partition coefficient (Wildman–Crippen LogP) is 4.58. The minimum Gasteiger partial charge on any atom is -0.496 e. The zero-order chi connectivity index (χ0) is 31.5. The number of nitrogens with zero attached hydrogens (tertiary/aromatic N) is 2. The number of hydrogen-bond acceptors (Lipinski definition) is 9. The average Bonchev–Trinajstić information content (AvgIpc) is 3.62. The third kappa shape index (κ3) is 6.32. The lowest BCUT2D eigenvalue weighted by Crippen LogP contribution is -2.55. The van der Waals surface area contributed by atoms with E-state index >= 15 is 0 Å². The molecular weight excluding hydrogens is 579 g/mol. The van der Waals surface area contributed by atoms with Crippen molar-refractivity contribution >= 4 is 39.9 Å². The summed E-state index contributed by atoms with van der Waals surface area (Å²) in [7, 11) is 2.96. The molecule has 10 nitrogen and oxygen atoms in total. The van der Waals surface area contributed by atoms with Crippen LogP contribution >= 0.6 is 11.3 Å². The normalized spacial score (nSPS) is 17.7. The van der Waals surface area contributed by atoms with Crippen LogP contribution in [0.15, 0.2) is 18.2 Å². The van der Waals surface area contributed by atoms with E-state index in [1.165, 1.54) is 37.3 Å². The Morgan fingerprint density at radius 1 is 1.14 bits per heavy atom. The molecule has 2 amide bonds. The Bertz CT molecular complexity index is 1380. The lowest BCUT2D eigenvalue weighted by molar-refractivity contribution is -0.145. The number of anilines is 1. The van der Waals surface area contributed by atoms with Gasteiger partial charge >= 0.3 is 5.97 Å². The highest BCUT2D eigenvalue weighted by Crippen LogP contribution is 2.47. The van der Waals surface area contributed by atoms with Gasteiger partial charge < -0.3 is 23.8 Å². The number of esters is 1. The Morgan fingerprint density at radius 2 is 1.84 bits per heavy atom. The first kappa shape index (κ1) is 32.6. The Hall–Kier alpha value is -3.35. The van der Waals surface area contributed by atoms with Crippen LogP contribution in [0, 0.1) is 24.1 Å². The molecule has 4 rings (SSSR count). The number of fused-ring (bicyclic) bond motifs is 1. The van der Waals surface area contributed by atoms with Gasteiger partial charge in [0.15, 0.2) is 5.78 Å². The Balaban J connectivity index is 1.85. The average molecular weight is 619 g/mol. The molecule has 12 heteroatoms. The molecule has 0 saturated carbocycles. The van der Waals surface area contributed by atoms with Crippen molar-refractivity contribution in [1.82, 2.24) is 4.90 Å². The van der Waals surface area contributed by atoms with Gasteiger partial charge in [0.2, 0.25) is 11.8 Å². The van der Waals surface area contributed by atoms with Gasteiger partial charge in [0, 0.05) is 25.8 Å². The fraction of sp³-hybridized carbons (Fsp3) is 0.548. The van der Waals surface area contributed by atoms with Gasteiger partial charge in [0.1, 0.15) is 33.5 Å². The molecule has 1 fully saturated rings. The second-order valence-electron chi connectivity index (χ2n) is 11.2. The van der Waals surface area contributed by atoms with E-state index in [0.717, 1.165) is 24.2 Å². The summed E-state index contributed by atoms with van der Waals surface area (Å²) in [4.78, 5) is 58.5. The maximum absolute atomic E-state index is 14.5. The maximum Gasteiger partial charge on any atom is 0.348 e. The molecule has 1 aromatic heterocycles.